The summed E-state index contributed by atoms with van der Waals surface area (Å²) in [5.74, 6) is 0.817. The molecule has 2 amide bonds. The van der Waals surface area contributed by atoms with Gasteiger partial charge in [0.15, 0.2) is 0 Å². The number of fused-ring (bicyclic) bond motifs is 1. The molecule has 0 unspecified atom stereocenters. The second-order valence-corrected chi connectivity index (χ2v) is 5.90. The molecule has 0 atom stereocenters. The number of benzene rings is 1. The van der Waals surface area contributed by atoms with E-state index in [1.807, 2.05) is 18.2 Å². The molecule has 3 rings (SSSR count). The monoisotopic (exact) mass is 323 g/mol. The van der Waals surface area contributed by atoms with E-state index in [1.165, 1.54) is 12.8 Å². The average molecular weight is 324 g/mol. The molecule has 2 aliphatic rings. The summed E-state index contributed by atoms with van der Waals surface area (Å²) in [5, 5.41) is 8.97. The van der Waals surface area contributed by atoms with Gasteiger partial charge in [0, 0.05) is 17.8 Å². The highest BCUT2D eigenvalue weighted by molar-refractivity contribution is 5.95. The van der Waals surface area contributed by atoms with Crippen LogP contribution in [0.2, 0.25) is 0 Å². The molecule has 1 aliphatic carbocycles. The molecule has 0 radical (unpaired) electrons. The van der Waals surface area contributed by atoms with Crippen LogP contribution in [-0.2, 0) is 16.0 Å². The Kier molecular flexibility index (Phi) is 5.80. The lowest BCUT2D eigenvalue weighted by atomic mass is 10.1. The molecule has 1 aromatic carbocycles. The van der Waals surface area contributed by atoms with Gasteiger partial charge in [0.2, 0.25) is 11.8 Å². The van der Waals surface area contributed by atoms with Crippen molar-refractivity contribution in [1.82, 2.24) is 5.32 Å². The van der Waals surface area contributed by atoms with E-state index in [1.54, 1.807) is 0 Å². The Bertz CT molecular complexity index is 558. The van der Waals surface area contributed by atoms with Crippen molar-refractivity contribution in [3.63, 3.8) is 0 Å². The van der Waals surface area contributed by atoms with Crippen LogP contribution in [0.4, 0.5) is 11.4 Å². The molecule has 1 heterocycles. The van der Waals surface area contributed by atoms with Gasteiger partial charge in [-0.15, -0.1) is 12.4 Å². The minimum absolute atomic E-state index is 0. The molecule has 5 nitrogen and oxygen atoms in total. The topological polar surface area (TPSA) is 70.2 Å². The average Bonchev–Trinajstić information content (AvgIpc) is 3.26. The highest BCUT2D eigenvalue weighted by Crippen LogP contribution is 2.27. The first-order valence-corrected chi connectivity index (χ1v) is 7.64. The number of anilines is 2. The molecule has 1 fully saturated rings. The minimum Gasteiger partial charge on any atom is -0.326 e. The number of carbonyl (C=O) groups is 2. The van der Waals surface area contributed by atoms with Crippen molar-refractivity contribution in [3.05, 3.63) is 23.8 Å². The molecular formula is C16H22ClN3O2. The second kappa shape index (κ2) is 7.61. The predicted octanol–water partition coefficient (Wildman–Crippen LogP) is 2.32. The Morgan fingerprint density at radius 3 is 2.86 bits per heavy atom. The lowest BCUT2D eigenvalue weighted by Gasteiger charge is -2.11. The molecule has 120 valence electrons. The smallest absolute Gasteiger partial charge is 0.238 e. The van der Waals surface area contributed by atoms with Gasteiger partial charge in [-0.1, -0.05) is 0 Å². The standard InChI is InChI=1S/C16H21N3O2.ClH/c20-15-3-1-2-12-8-13(6-7-14(12)19-15)18-16(21)10-17-9-11-4-5-11;/h6-8,11,17H,1-5,9-10H2,(H,18,21)(H,19,20);1H. The summed E-state index contributed by atoms with van der Waals surface area (Å²) in [6.45, 7) is 1.29. The van der Waals surface area contributed by atoms with Gasteiger partial charge in [-0.05, 0) is 61.9 Å². The minimum atomic E-state index is -0.0201. The van der Waals surface area contributed by atoms with Gasteiger partial charge in [-0.3, -0.25) is 9.59 Å². The van der Waals surface area contributed by atoms with Crippen molar-refractivity contribution in [1.29, 1.82) is 0 Å². The number of aryl methyl sites for hydroxylation is 1. The maximum atomic E-state index is 11.9. The summed E-state index contributed by atoms with van der Waals surface area (Å²) in [4.78, 5) is 23.4. The van der Waals surface area contributed by atoms with Gasteiger partial charge < -0.3 is 16.0 Å². The maximum Gasteiger partial charge on any atom is 0.238 e. The van der Waals surface area contributed by atoms with Crippen molar-refractivity contribution in [3.8, 4) is 0 Å². The van der Waals surface area contributed by atoms with Crippen molar-refractivity contribution in [2.24, 2.45) is 5.92 Å². The van der Waals surface area contributed by atoms with Crippen LogP contribution < -0.4 is 16.0 Å². The quantitative estimate of drug-likeness (QED) is 0.779. The molecular weight excluding hydrogens is 302 g/mol. The fourth-order valence-electron chi connectivity index (χ4n) is 2.57. The number of halogens is 1. The number of hydrogen-bond donors (Lipinski definition) is 3. The zero-order valence-electron chi connectivity index (χ0n) is 12.5. The second-order valence-electron chi connectivity index (χ2n) is 5.90. The first kappa shape index (κ1) is 16.8. The van der Waals surface area contributed by atoms with Crippen molar-refractivity contribution in [2.75, 3.05) is 23.7 Å². The fraction of sp³-hybridized carbons (Fsp3) is 0.500. The summed E-state index contributed by atoms with van der Waals surface area (Å²) in [5.41, 5.74) is 2.75. The Morgan fingerprint density at radius 1 is 1.27 bits per heavy atom. The summed E-state index contributed by atoms with van der Waals surface area (Å²) in [6, 6.07) is 5.66. The molecule has 3 N–H and O–H groups in total. The zero-order valence-corrected chi connectivity index (χ0v) is 13.3. The normalized spacial score (nSPS) is 16.8. The summed E-state index contributed by atoms with van der Waals surface area (Å²) in [7, 11) is 0. The molecule has 0 spiro atoms. The van der Waals surface area contributed by atoms with E-state index < -0.39 is 0 Å². The van der Waals surface area contributed by atoms with E-state index in [9.17, 15) is 9.59 Å². The fourth-order valence-corrected chi connectivity index (χ4v) is 2.57. The SMILES string of the molecule is Cl.O=C(CNCC1CC1)Nc1ccc2c(c1)CCCC(=O)N2. The maximum absolute atomic E-state index is 11.9. The van der Waals surface area contributed by atoms with Crippen molar-refractivity contribution >= 4 is 35.6 Å². The third kappa shape index (κ3) is 4.71. The molecule has 1 aliphatic heterocycles. The summed E-state index contributed by atoms with van der Waals surface area (Å²) < 4.78 is 0. The zero-order chi connectivity index (χ0) is 14.7. The third-order valence-electron chi connectivity index (χ3n) is 3.93. The first-order chi connectivity index (χ1) is 10.2. The largest absolute Gasteiger partial charge is 0.326 e. The Balaban J connectivity index is 0.00000176. The van der Waals surface area contributed by atoms with E-state index in [0.29, 0.717) is 13.0 Å². The lowest BCUT2D eigenvalue weighted by molar-refractivity contribution is -0.116. The molecule has 0 saturated heterocycles. The Morgan fingerprint density at radius 2 is 2.09 bits per heavy atom. The molecule has 22 heavy (non-hydrogen) atoms. The van der Waals surface area contributed by atoms with Crippen molar-refractivity contribution < 1.29 is 9.59 Å². The van der Waals surface area contributed by atoms with Crippen molar-refractivity contribution in [2.45, 2.75) is 32.1 Å². The molecule has 1 aromatic rings. The van der Waals surface area contributed by atoms with Gasteiger partial charge in [0.25, 0.3) is 0 Å². The lowest BCUT2D eigenvalue weighted by Crippen LogP contribution is -2.29. The highest BCUT2D eigenvalue weighted by atomic mass is 35.5. The van der Waals surface area contributed by atoms with E-state index in [-0.39, 0.29) is 24.2 Å². The predicted molar refractivity (Wildman–Crippen MR) is 89.5 cm³/mol. The van der Waals surface area contributed by atoms with Crippen LogP contribution >= 0.6 is 12.4 Å². The van der Waals surface area contributed by atoms with Crippen LogP contribution in [-0.4, -0.2) is 24.9 Å². The number of nitrogens with one attached hydrogen (secondary N) is 3. The Labute approximate surface area is 136 Å². The number of rotatable bonds is 5. The van der Waals surface area contributed by atoms with Gasteiger partial charge in [-0.25, -0.2) is 0 Å². The molecule has 0 bridgehead atoms. The first-order valence-electron chi connectivity index (χ1n) is 7.64. The number of carbonyl (C=O) groups excluding carboxylic acids is 2. The Hall–Kier alpha value is -1.59. The summed E-state index contributed by atoms with van der Waals surface area (Å²) >= 11 is 0. The number of amides is 2. The molecule has 6 heteroatoms. The third-order valence-corrected chi connectivity index (χ3v) is 3.93. The van der Waals surface area contributed by atoms with E-state index in [2.05, 4.69) is 16.0 Å². The van der Waals surface area contributed by atoms with Crippen LogP contribution in [0.3, 0.4) is 0 Å². The van der Waals surface area contributed by atoms with E-state index in [4.69, 9.17) is 0 Å². The number of hydrogen-bond acceptors (Lipinski definition) is 3. The molecule has 1 saturated carbocycles. The van der Waals surface area contributed by atoms with Crippen LogP contribution in [0.5, 0.6) is 0 Å². The van der Waals surface area contributed by atoms with Gasteiger partial charge in [-0.2, -0.15) is 0 Å². The van der Waals surface area contributed by atoms with Crippen LogP contribution in [0.15, 0.2) is 18.2 Å². The van der Waals surface area contributed by atoms with Gasteiger partial charge in [0.05, 0.1) is 6.54 Å². The summed E-state index contributed by atoms with van der Waals surface area (Å²) in [6.07, 6.45) is 4.83. The van der Waals surface area contributed by atoms with Crippen LogP contribution in [0, 0.1) is 5.92 Å². The van der Waals surface area contributed by atoms with E-state index >= 15 is 0 Å². The highest BCUT2D eigenvalue weighted by Gasteiger charge is 2.20. The molecule has 0 aromatic heterocycles. The van der Waals surface area contributed by atoms with E-state index in [0.717, 1.165) is 42.2 Å². The van der Waals surface area contributed by atoms with Crippen LogP contribution in [0.1, 0.15) is 31.2 Å². The van der Waals surface area contributed by atoms with Gasteiger partial charge >= 0.3 is 0 Å². The van der Waals surface area contributed by atoms with Crippen LogP contribution in [0.25, 0.3) is 0 Å². The van der Waals surface area contributed by atoms with Gasteiger partial charge in [0.1, 0.15) is 0 Å².